The summed E-state index contributed by atoms with van der Waals surface area (Å²) in [5.74, 6) is -0.409. The lowest BCUT2D eigenvalue weighted by Gasteiger charge is -2.31. The van der Waals surface area contributed by atoms with Crippen LogP contribution in [0.4, 0.5) is 5.69 Å². The summed E-state index contributed by atoms with van der Waals surface area (Å²) in [6, 6.07) is 12.6. The van der Waals surface area contributed by atoms with Crippen LogP contribution in [0, 0.1) is 10.1 Å². The highest BCUT2D eigenvalue weighted by Crippen LogP contribution is 2.30. The predicted molar refractivity (Wildman–Crippen MR) is 119 cm³/mol. The molecule has 2 rings (SSSR count). The third-order valence-corrected chi connectivity index (χ3v) is 4.57. The van der Waals surface area contributed by atoms with Crippen molar-refractivity contribution in [2.75, 3.05) is 13.7 Å². The van der Waals surface area contributed by atoms with E-state index >= 15 is 0 Å². The molecule has 0 heterocycles. The van der Waals surface area contributed by atoms with Crippen LogP contribution in [0.25, 0.3) is 0 Å². The first-order chi connectivity index (χ1) is 15.0. The molecule has 0 aromatic heterocycles. The van der Waals surface area contributed by atoms with Crippen LogP contribution in [0.15, 0.2) is 48.5 Å². The van der Waals surface area contributed by atoms with Crippen molar-refractivity contribution in [3.8, 4) is 11.5 Å². The predicted octanol–water partition coefficient (Wildman–Crippen LogP) is 3.31. The topological polar surface area (TPSA) is 111 Å². The molecule has 0 fully saturated rings. The molecule has 0 saturated heterocycles. The summed E-state index contributed by atoms with van der Waals surface area (Å²) in [5, 5.41) is 13.9. The van der Waals surface area contributed by atoms with Gasteiger partial charge < -0.3 is 19.7 Å². The van der Waals surface area contributed by atoms with Crippen molar-refractivity contribution in [1.82, 2.24) is 10.2 Å². The van der Waals surface area contributed by atoms with E-state index in [0.29, 0.717) is 0 Å². The average Bonchev–Trinajstić information content (AvgIpc) is 2.74. The van der Waals surface area contributed by atoms with Crippen molar-refractivity contribution in [3.63, 3.8) is 0 Å². The second-order valence-electron chi connectivity index (χ2n) is 8.30. The maximum Gasteiger partial charge on any atom is 0.311 e. The fourth-order valence-electron chi connectivity index (χ4n) is 2.96. The molecule has 9 nitrogen and oxygen atoms in total. The maximum atomic E-state index is 13.0. The van der Waals surface area contributed by atoms with Crippen molar-refractivity contribution < 1.29 is 24.0 Å². The third kappa shape index (κ3) is 6.97. The quantitative estimate of drug-likeness (QED) is 0.470. The van der Waals surface area contributed by atoms with Crippen LogP contribution in [0.5, 0.6) is 11.5 Å². The summed E-state index contributed by atoms with van der Waals surface area (Å²) >= 11 is 0. The largest absolute Gasteiger partial charge is 0.490 e. The smallest absolute Gasteiger partial charge is 0.311 e. The number of nitrogens with one attached hydrogen (secondary N) is 1. The van der Waals surface area contributed by atoms with Crippen LogP contribution < -0.4 is 14.8 Å². The van der Waals surface area contributed by atoms with Gasteiger partial charge in [-0.1, -0.05) is 30.3 Å². The van der Waals surface area contributed by atoms with Gasteiger partial charge in [0.15, 0.2) is 6.61 Å². The monoisotopic (exact) mass is 443 g/mol. The van der Waals surface area contributed by atoms with E-state index in [2.05, 4.69) is 5.32 Å². The minimum Gasteiger partial charge on any atom is -0.490 e. The first-order valence-corrected chi connectivity index (χ1v) is 10.1. The van der Waals surface area contributed by atoms with Crippen LogP contribution in [0.3, 0.4) is 0 Å². The highest BCUT2D eigenvalue weighted by molar-refractivity contribution is 5.88. The summed E-state index contributed by atoms with van der Waals surface area (Å²) in [6.07, 6.45) is 0. The molecule has 0 radical (unpaired) electrons. The molecular formula is C23H29N3O6. The lowest BCUT2D eigenvalue weighted by molar-refractivity contribution is -0.385. The summed E-state index contributed by atoms with van der Waals surface area (Å²) in [5.41, 5.74) is 0.219. The molecule has 0 aliphatic heterocycles. The van der Waals surface area contributed by atoms with Crippen molar-refractivity contribution in [2.24, 2.45) is 0 Å². The SMILES string of the molecule is COc1cc(OCC(=O)N(Cc2ccccc2)[C@@H](C)C(=O)NC(C)(C)C)ccc1[N+](=O)[O-]. The van der Waals surface area contributed by atoms with E-state index < -0.39 is 22.4 Å². The molecule has 32 heavy (non-hydrogen) atoms. The zero-order chi connectivity index (χ0) is 23.9. The summed E-state index contributed by atoms with van der Waals surface area (Å²) in [6.45, 7) is 7.15. The van der Waals surface area contributed by atoms with E-state index in [1.807, 2.05) is 51.1 Å². The van der Waals surface area contributed by atoms with Crippen molar-refractivity contribution >= 4 is 17.5 Å². The van der Waals surface area contributed by atoms with Crippen LogP contribution >= 0.6 is 0 Å². The number of benzene rings is 2. The first-order valence-electron chi connectivity index (χ1n) is 10.1. The maximum absolute atomic E-state index is 13.0. The fourth-order valence-corrected chi connectivity index (χ4v) is 2.96. The lowest BCUT2D eigenvalue weighted by Crippen LogP contribution is -2.53. The molecule has 2 aromatic carbocycles. The number of nitrogens with zero attached hydrogens (tertiary/aromatic N) is 2. The average molecular weight is 444 g/mol. The Balaban J connectivity index is 2.18. The Morgan fingerprint density at radius 3 is 2.38 bits per heavy atom. The van der Waals surface area contributed by atoms with Gasteiger partial charge in [0.2, 0.25) is 11.7 Å². The summed E-state index contributed by atoms with van der Waals surface area (Å²) in [7, 11) is 1.31. The van der Waals surface area contributed by atoms with Gasteiger partial charge in [0.25, 0.3) is 5.91 Å². The van der Waals surface area contributed by atoms with Gasteiger partial charge in [0.1, 0.15) is 11.8 Å². The van der Waals surface area contributed by atoms with Gasteiger partial charge in [-0.05, 0) is 39.3 Å². The fraction of sp³-hybridized carbons (Fsp3) is 0.391. The Bertz CT molecular complexity index is 956. The Labute approximate surface area is 187 Å². The van der Waals surface area contributed by atoms with Gasteiger partial charge in [-0.3, -0.25) is 19.7 Å². The Morgan fingerprint density at radius 2 is 1.81 bits per heavy atom. The zero-order valence-electron chi connectivity index (χ0n) is 19.0. The van der Waals surface area contributed by atoms with E-state index in [9.17, 15) is 19.7 Å². The molecule has 172 valence electrons. The van der Waals surface area contributed by atoms with Gasteiger partial charge in [-0.25, -0.2) is 0 Å². The van der Waals surface area contributed by atoms with Crippen LogP contribution in [-0.2, 0) is 16.1 Å². The molecule has 1 N–H and O–H groups in total. The van der Waals surface area contributed by atoms with Gasteiger partial charge in [0, 0.05) is 24.2 Å². The molecular weight excluding hydrogens is 414 g/mol. The number of carbonyl (C=O) groups is 2. The Kier molecular flexibility index (Phi) is 8.17. The van der Waals surface area contributed by atoms with E-state index in [0.717, 1.165) is 5.56 Å². The molecule has 0 saturated carbocycles. The molecule has 0 spiro atoms. The molecule has 1 atom stereocenters. The minimum absolute atomic E-state index is 0.0269. The number of nitro groups is 1. The van der Waals surface area contributed by atoms with Gasteiger partial charge in [0.05, 0.1) is 12.0 Å². The second kappa shape index (κ2) is 10.6. The van der Waals surface area contributed by atoms with Crippen molar-refractivity contribution in [1.29, 1.82) is 0 Å². The molecule has 2 aromatic rings. The number of amides is 2. The second-order valence-corrected chi connectivity index (χ2v) is 8.30. The van der Waals surface area contributed by atoms with E-state index in [-0.39, 0.29) is 36.2 Å². The third-order valence-electron chi connectivity index (χ3n) is 4.57. The van der Waals surface area contributed by atoms with Gasteiger partial charge in [-0.15, -0.1) is 0 Å². The number of hydrogen-bond acceptors (Lipinski definition) is 6. The molecule has 0 aliphatic carbocycles. The van der Waals surface area contributed by atoms with Crippen molar-refractivity contribution in [3.05, 3.63) is 64.2 Å². The normalized spacial score (nSPS) is 11.9. The van der Waals surface area contributed by atoms with Crippen LogP contribution in [0.1, 0.15) is 33.3 Å². The van der Waals surface area contributed by atoms with Gasteiger partial charge in [-0.2, -0.15) is 0 Å². The molecule has 9 heteroatoms. The molecule has 0 aliphatic rings. The summed E-state index contributed by atoms with van der Waals surface area (Å²) < 4.78 is 10.6. The first kappa shape index (κ1) is 24.6. The lowest BCUT2D eigenvalue weighted by atomic mass is 10.1. The number of ether oxygens (including phenoxy) is 2. The van der Waals surface area contributed by atoms with Crippen LogP contribution in [-0.4, -0.2) is 46.9 Å². The number of methoxy groups -OCH3 is 1. The number of rotatable bonds is 9. The number of hydrogen-bond donors (Lipinski definition) is 1. The van der Waals surface area contributed by atoms with Crippen molar-refractivity contribution in [2.45, 2.75) is 45.8 Å². The number of nitro benzene ring substituents is 1. The van der Waals surface area contributed by atoms with Crippen LogP contribution in [0.2, 0.25) is 0 Å². The highest BCUT2D eigenvalue weighted by atomic mass is 16.6. The molecule has 0 bridgehead atoms. The standard InChI is InChI=1S/C23H29N3O6/c1-16(22(28)24-23(2,3)4)25(14-17-9-7-6-8-10-17)21(27)15-32-18-11-12-19(26(29)30)20(13-18)31-5/h6-13,16H,14-15H2,1-5H3,(H,24,28)/t16-/m0/s1. The van der Waals surface area contributed by atoms with E-state index in [1.165, 1.54) is 30.2 Å². The van der Waals surface area contributed by atoms with E-state index in [1.54, 1.807) is 6.92 Å². The summed E-state index contributed by atoms with van der Waals surface area (Å²) in [4.78, 5) is 37.7. The zero-order valence-corrected chi connectivity index (χ0v) is 19.0. The highest BCUT2D eigenvalue weighted by Gasteiger charge is 2.28. The van der Waals surface area contributed by atoms with Gasteiger partial charge >= 0.3 is 5.69 Å². The Morgan fingerprint density at radius 1 is 1.16 bits per heavy atom. The Hall–Kier alpha value is -3.62. The molecule has 2 amide bonds. The number of carbonyl (C=O) groups excluding carboxylic acids is 2. The van der Waals surface area contributed by atoms with E-state index in [4.69, 9.17) is 9.47 Å². The molecule has 0 unspecified atom stereocenters. The minimum atomic E-state index is -0.739.